The van der Waals surface area contributed by atoms with Gasteiger partial charge in [0.1, 0.15) is 0 Å². The highest BCUT2D eigenvalue weighted by Crippen LogP contribution is 2.32. The number of nitrogens with one attached hydrogen (secondary N) is 1. The van der Waals surface area contributed by atoms with Crippen LogP contribution >= 0.6 is 0 Å². The standard InChI is InChI=1S/C14H18N2O2/c1-2-4-14(15-7-3-1)16-9-11-5-6-12-13(8-11)18-10-17-12/h5-6,8H,1-4,7,9-10H2,(H,15,16). The first kappa shape index (κ1) is 11.4. The number of aliphatic imine (C=N–C) groups is 1. The zero-order chi connectivity index (χ0) is 12.2. The Hall–Kier alpha value is -1.71. The number of nitrogens with zero attached hydrogens (tertiary/aromatic N) is 1. The molecule has 18 heavy (non-hydrogen) atoms. The fourth-order valence-electron chi connectivity index (χ4n) is 2.27. The Bertz CT molecular complexity index is 457. The predicted molar refractivity (Wildman–Crippen MR) is 70.2 cm³/mol. The summed E-state index contributed by atoms with van der Waals surface area (Å²) in [4.78, 5) is 4.56. The smallest absolute Gasteiger partial charge is 0.231 e. The summed E-state index contributed by atoms with van der Waals surface area (Å²) in [7, 11) is 0. The van der Waals surface area contributed by atoms with Crippen LogP contribution in [0, 0.1) is 0 Å². The molecular formula is C14H18N2O2. The molecule has 2 heterocycles. The number of hydrogen-bond acceptors (Lipinski definition) is 4. The fourth-order valence-corrected chi connectivity index (χ4v) is 2.27. The van der Waals surface area contributed by atoms with Gasteiger partial charge in [0.25, 0.3) is 0 Å². The highest BCUT2D eigenvalue weighted by atomic mass is 16.7. The molecule has 0 saturated carbocycles. The topological polar surface area (TPSA) is 42.9 Å². The van der Waals surface area contributed by atoms with Crippen molar-refractivity contribution in [3.63, 3.8) is 0 Å². The molecule has 0 spiro atoms. The molecule has 0 amide bonds. The van der Waals surface area contributed by atoms with E-state index < -0.39 is 0 Å². The van der Waals surface area contributed by atoms with E-state index in [4.69, 9.17) is 9.47 Å². The van der Waals surface area contributed by atoms with Crippen LogP contribution in [0.1, 0.15) is 31.2 Å². The molecule has 2 aliphatic heterocycles. The van der Waals surface area contributed by atoms with Crippen molar-refractivity contribution >= 4 is 5.84 Å². The molecule has 0 aliphatic carbocycles. The number of benzene rings is 1. The highest BCUT2D eigenvalue weighted by Gasteiger charge is 2.13. The Kier molecular flexibility index (Phi) is 3.35. The lowest BCUT2D eigenvalue weighted by Gasteiger charge is -2.08. The lowest BCUT2D eigenvalue weighted by molar-refractivity contribution is 0.174. The Morgan fingerprint density at radius 3 is 3.06 bits per heavy atom. The van der Waals surface area contributed by atoms with Crippen LogP contribution < -0.4 is 14.8 Å². The van der Waals surface area contributed by atoms with Crippen LogP contribution in [0.2, 0.25) is 0 Å². The molecule has 0 radical (unpaired) electrons. The molecule has 2 aliphatic rings. The molecule has 4 heteroatoms. The van der Waals surface area contributed by atoms with E-state index in [-0.39, 0.29) is 0 Å². The van der Waals surface area contributed by atoms with Gasteiger partial charge in [-0.05, 0) is 30.5 Å². The van der Waals surface area contributed by atoms with Crippen molar-refractivity contribution in [1.29, 1.82) is 0 Å². The summed E-state index contributed by atoms with van der Waals surface area (Å²) < 4.78 is 10.7. The summed E-state index contributed by atoms with van der Waals surface area (Å²) >= 11 is 0. The van der Waals surface area contributed by atoms with Gasteiger partial charge in [-0.1, -0.05) is 12.5 Å². The number of amidine groups is 1. The van der Waals surface area contributed by atoms with E-state index in [1.165, 1.54) is 24.8 Å². The SMILES string of the molecule is c1cc2c(cc1CNC1=NCCCCC1)OCO2. The average Bonchev–Trinajstić information content (AvgIpc) is 2.70. The summed E-state index contributed by atoms with van der Waals surface area (Å²) in [6, 6.07) is 6.07. The molecule has 3 rings (SSSR count). The molecule has 0 saturated heterocycles. The van der Waals surface area contributed by atoms with Crippen molar-refractivity contribution in [3.05, 3.63) is 23.8 Å². The molecule has 0 fully saturated rings. The summed E-state index contributed by atoms with van der Waals surface area (Å²) in [6.07, 6.45) is 4.82. The first-order valence-electron chi connectivity index (χ1n) is 6.57. The fraction of sp³-hybridized carbons (Fsp3) is 0.500. The first-order valence-corrected chi connectivity index (χ1v) is 6.57. The van der Waals surface area contributed by atoms with Gasteiger partial charge in [0.2, 0.25) is 6.79 Å². The maximum atomic E-state index is 5.37. The van der Waals surface area contributed by atoms with Crippen molar-refractivity contribution < 1.29 is 9.47 Å². The third-order valence-corrected chi connectivity index (χ3v) is 3.31. The first-order chi connectivity index (χ1) is 8.92. The summed E-state index contributed by atoms with van der Waals surface area (Å²) in [5.41, 5.74) is 1.20. The molecule has 0 atom stereocenters. The summed E-state index contributed by atoms with van der Waals surface area (Å²) in [5, 5.41) is 3.42. The Labute approximate surface area is 107 Å². The third kappa shape index (κ3) is 2.58. The van der Waals surface area contributed by atoms with Crippen molar-refractivity contribution in [1.82, 2.24) is 5.32 Å². The maximum absolute atomic E-state index is 5.37. The molecular weight excluding hydrogens is 228 g/mol. The lowest BCUT2D eigenvalue weighted by Crippen LogP contribution is -2.22. The van der Waals surface area contributed by atoms with E-state index in [1.807, 2.05) is 12.1 Å². The van der Waals surface area contributed by atoms with Crippen LogP contribution in [0.25, 0.3) is 0 Å². The van der Waals surface area contributed by atoms with E-state index in [1.54, 1.807) is 0 Å². The van der Waals surface area contributed by atoms with E-state index in [0.29, 0.717) is 6.79 Å². The second kappa shape index (κ2) is 5.29. The van der Waals surface area contributed by atoms with Crippen molar-refractivity contribution in [2.24, 2.45) is 4.99 Å². The van der Waals surface area contributed by atoms with Crippen LogP contribution in [-0.4, -0.2) is 19.2 Å². The van der Waals surface area contributed by atoms with E-state index in [0.717, 1.165) is 36.8 Å². The van der Waals surface area contributed by atoms with Gasteiger partial charge < -0.3 is 14.8 Å². The monoisotopic (exact) mass is 246 g/mol. The Balaban J connectivity index is 1.61. The molecule has 4 nitrogen and oxygen atoms in total. The molecule has 1 aromatic rings. The highest BCUT2D eigenvalue weighted by molar-refractivity contribution is 5.82. The lowest BCUT2D eigenvalue weighted by atomic mass is 10.2. The normalized spacial score (nSPS) is 18.1. The Morgan fingerprint density at radius 1 is 1.11 bits per heavy atom. The zero-order valence-corrected chi connectivity index (χ0v) is 10.4. The van der Waals surface area contributed by atoms with E-state index in [2.05, 4.69) is 16.4 Å². The predicted octanol–water partition coefficient (Wildman–Crippen LogP) is 2.48. The van der Waals surface area contributed by atoms with Crippen molar-refractivity contribution in [3.8, 4) is 11.5 Å². The number of rotatable bonds is 2. The minimum absolute atomic E-state index is 0.332. The zero-order valence-electron chi connectivity index (χ0n) is 10.4. The van der Waals surface area contributed by atoms with Crippen LogP contribution in [0.3, 0.4) is 0 Å². The van der Waals surface area contributed by atoms with Crippen LogP contribution in [0.4, 0.5) is 0 Å². The quantitative estimate of drug-likeness (QED) is 0.871. The van der Waals surface area contributed by atoms with Gasteiger partial charge in [-0.3, -0.25) is 4.99 Å². The second-order valence-corrected chi connectivity index (χ2v) is 4.68. The largest absolute Gasteiger partial charge is 0.454 e. The minimum Gasteiger partial charge on any atom is -0.454 e. The van der Waals surface area contributed by atoms with Gasteiger partial charge >= 0.3 is 0 Å². The van der Waals surface area contributed by atoms with Crippen molar-refractivity contribution in [2.45, 2.75) is 32.2 Å². The number of hydrogen-bond donors (Lipinski definition) is 1. The number of ether oxygens (including phenoxy) is 2. The summed E-state index contributed by atoms with van der Waals surface area (Å²) in [5.74, 6) is 2.83. The van der Waals surface area contributed by atoms with Crippen LogP contribution in [0.5, 0.6) is 11.5 Å². The van der Waals surface area contributed by atoms with Gasteiger partial charge in [-0.15, -0.1) is 0 Å². The Morgan fingerprint density at radius 2 is 2.06 bits per heavy atom. The van der Waals surface area contributed by atoms with Gasteiger partial charge in [0.05, 0.1) is 5.84 Å². The number of fused-ring (bicyclic) bond motifs is 1. The second-order valence-electron chi connectivity index (χ2n) is 4.68. The molecule has 0 bridgehead atoms. The molecule has 0 unspecified atom stereocenters. The van der Waals surface area contributed by atoms with Crippen LogP contribution in [0.15, 0.2) is 23.2 Å². The molecule has 1 N–H and O–H groups in total. The van der Waals surface area contributed by atoms with Gasteiger partial charge in [0.15, 0.2) is 11.5 Å². The van der Waals surface area contributed by atoms with Crippen LogP contribution in [-0.2, 0) is 6.54 Å². The van der Waals surface area contributed by atoms with E-state index in [9.17, 15) is 0 Å². The van der Waals surface area contributed by atoms with Gasteiger partial charge in [0, 0.05) is 19.5 Å². The molecule has 96 valence electrons. The third-order valence-electron chi connectivity index (χ3n) is 3.31. The summed E-state index contributed by atoms with van der Waals surface area (Å²) in [6.45, 7) is 2.10. The minimum atomic E-state index is 0.332. The molecule has 0 aromatic heterocycles. The van der Waals surface area contributed by atoms with Gasteiger partial charge in [-0.2, -0.15) is 0 Å². The van der Waals surface area contributed by atoms with E-state index >= 15 is 0 Å². The maximum Gasteiger partial charge on any atom is 0.231 e. The van der Waals surface area contributed by atoms with Gasteiger partial charge in [-0.25, -0.2) is 0 Å². The molecule has 1 aromatic carbocycles. The average molecular weight is 246 g/mol. The van der Waals surface area contributed by atoms with Crippen molar-refractivity contribution in [2.75, 3.05) is 13.3 Å².